The Bertz CT molecular complexity index is 473. The standard InChI is InChI=1S/C17H26O4/c1-7-13(18)19-14-16(6)9-8-12(15(16,4)5)17(14)20-10(2)11(3)21-17/h7,10-12,14H,1,8-9H2,2-6H3/t10-,11+,12-,14-,16-,17?/m0/s1. The molecule has 4 heteroatoms. The van der Waals surface area contributed by atoms with Gasteiger partial charge in [0.05, 0.1) is 12.2 Å². The maximum absolute atomic E-state index is 11.8. The predicted molar refractivity (Wildman–Crippen MR) is 78.5 cm³/mol. The molecule has 0 radical (unpaired) electrons. The van der Waals surface area contributed by atoms with Crippen LogP contribution in [0.25, 0.3) is 0 Å². The fourth-order valence-electron chi connectivity index (χ4n) is 4.79. The molecule has 0 aromatic carbocycles. The lowest BCUT2D eigenvalue weighted by atomic mass is 9.70. The summed E-state index contributed by atoms with van der Waals surface area (Å²) in [5.41, 5.74) is -0.136. The molecular formula is C17H26O4. The SMILES string of the molecule is C=CC(=O)O[C@@H]1C2(O[C@@H](C)[C@@H](C)O2)[C@H]2CC[C@]1(C)C2(C)C. The summed E-state index contributed by atoms with van der Waals surface area (Å²) in [6, 6.07) is 0. The lowest BCUT2D eigenvalue weighted by Gasteiger charge is -2.42. The van der Waals surface area contributed by atoms with Gasteiger partial charge in [-0.2, -0.15) is 0 Å². The van der Waals surface area contributed by atoms with E-state index in [1.165, 1.54) is 6.08 Å². The first kappa shape index (κ1) is 15.0. The third kappa shape index (κ3) is 1.66. The van der Waals surface area contributed by atoms with Crippen molar-refractivity contribution < 1.29 is 19.0 Å². The largest absolute Gasteiger partial charge is 0.453 e. The normalized spacial score (nSPS) is 50.5. The van der Waals surface area contributed by atoms with Gasteiger partial charge in [0.1, 0.15) is 0 Å². The number of hydrogen-bond donors (Lipinski definition) is 0. The van der Waals surface area contributed by atoms with E-state index in [0.29, 0.717) is 0 Å². The molecule has 3 aliphatic rings. The Labute approximate surface area is 126 Å². The van der Waals surface area contributed by atoms with E-state index in [4.69, 9.17) is 14.2 Å². The monoisotopic (exact) mass is 294 g/mol. The third-order valence-corrected chi connectivity index (χ3v) is 6.53. The highest BCUT2D eigenvalue weighted by Gasteiger charge is 2.78. The van der Waals surface area contributed by atoms with Crippen molar-refractivity contribution in [1.82, 2.24) is 0 Å². The van der Waals surface area contributed by atoms with Crippen molar-refractivity contribution in [2.24, 2.45) is 16.7 Å². The molecule has 2 aliphatic carbocycles. The predicted octanol–water partition coefficient (Wildman–Crippen LogP) is 3.06. The zero-order valence-electron chi connectivity index (χ0n) is 13.6. The van der Waals surface area contributed by atoms with Gasteiger partial charge in [-0.1, -0.05) is 27.4 Å². The first-order valence-electron chi connectivity index (χ1n) is 7.88. The minimum Gasteiger partial charge on any atom is -0.453 e. The highest BCUT2D eigenvalue weighted by molar-refractivity contribution is 5.81. The summed E-state index contributed by atoms with van der Waals surface area (Å²) >= 11 is 0. The Morgan fingerprint density at radius 3 is 2.33 bits per heavy atom. The molecule has 1 heterocycles. The fourth-order valence-corrected chi connectivity index (χ4v) is 4.79. The van der Waals surface area contributed by atoms with Crippen molar-refractivity contribution in [3.05, 3.63) is 12.7 Å². The van der Waals surface area contributed by atoms with E-state index in [1.807, 2.05) is 13.8 Å². The first-order valence-corrected chi connectivity index (χ1v) is 7.88. The number of hydrogen-bond acceptors (Lipinski definition) is 4. The number of fused-ring (bicyclic) bond motifs is 3. The second kappa shape index (κ2) is 4.32. The molecule has 3 rings (SSSR count). The zero-order chi connectivity index (χ0) is 15.6. The summed E-state index contributed by atoms with van der Waals surface area (Å²) < 4.78 is 18.3. The van der Waals surface area contributed by atoms with Gasteiger partial charge in [-0.25, -0.2) is 4.79 Å². The minimum atomic E-state index is -0.798. The fraction of sp³-hybridized carbons (Fsp3) is 0.824. The first-order chi connectivity index (χ1) is 9.69. The Morgan fingerprint density at radius 2 is 1.81 bits per heavy atom. The molecule has 118 valence electrons. The molecule has 1 unspecified atom stereocenters. The van der Waals surface area contributed by atoms with Crippen LogP contribution in [-0.4, -0.2) is 30.1 Å². The number of carbonyl (C=O) groups excluding carboxylic acids is 1. The topological polar surface area (TPSA) is 44.8 Å². The van der Waals surface area contributed by atoms with E-state index < -0.39 is 11.8 Å². The van der Waals surface area contributed by atoms with Crippen LogP contribution in [0.15, 0.2) is 12.7 Å². The molecule has 0 N–H and O–H groups in total. The van der Waals surface area contributed by atoms with Crippen LogP contribution in [0.1, 0.15) is 47.5 Å². The molecule has 1 saturated heterocycles. The lowest BCUT2D eigenvalue weighted by Crippen LogP contribution is -2.53. The molecule has 1 spiro atoms. The molecule has 2 saturated carbocycles. The van der Waals surface area contributed by atoms with Crippen LogP contribution >= 0.6 is 0 Å². The molecule has 0 aromatic rings. The summed E-state index contributed by atoms with van der Waals surface area (Å²) in [7, 11) is 0. The highest BCUT2D eigenvalue weighted by Crippen LogP contribution is 2.72. The van der Waals surface area contributed by atoms with Crippen molar-refractivity contribution in [1.29, 1.82) is 0 Å². The molecule has 0 aromatic heterocycles. The summed E-state index contributed by atoms with van der Waals surface area (Å²) in [6.45, 7) is 14.2. The second-order valence-electron chi connectivity index (χ2n) is 7.62. The Balaban J connectivity index is 2.05. The summed E-state index contributed by atoms with van der Waals surface area (Å²) in [5, 5.41) is 0. The van der Waals surface area contributed by atoms with Gasteiger partial charge in [-0.05, 0) is 32.1 Å². The maximum Gasteiger partial charge on any atom is 0.330 e. The molecule has 21 heavy (non-hydrogen) atoms. The van der Waals surface area contributed by atoms with Gasteiger partial charge in [0.25, 0.3) is 0 Å². The van der Waals surface area contributed by atoms with Crippen LogP contribution in [0, 0.1) is 16.7 Å². The van der Waals surface area contributed by atoms with Gasteiger partial charge in [0.15, 0.2) is 6.10 Å². The van der Waals surface area contributed by atoms with E-state index in [2.05, 4.69) is 27.4 Å². The molecule has 0 amide bonds. The van der Waals surface area contributed by atoms with Crippen LogP contribution in [0.4, 0.5) is 0 Å². The number of esters is 1. The van der Waals surface area contributed by atoms with Gasteiger partial charge in [-0.3, -0.25) is 0 Å². The van der Waals surface area contributed by atoms with E-state index in [-0.39, 0.29) is 35.1 Å². The van der Waals surface area contributed by atoms with Gasteiger partial charge in [0.2, 0.25) is 5.79 Å². The van der Waals surface area contributed by atoms with Gasteiger partial charge in [-0.15, -0.1) is 0 Å². The highest BCUT2D eigenvalue weighted by atomic mass is 16.8. The summed E-state index contributed by atoms with van der Waals surface area (Å²) in [5.74, 6) is -0.957. The van der Waals surface area contributed by atoms with Crippen molar-refractivity contribution in [3.8, 4) is 0 Å². The van der Waals surface area contributed by atoms with Crippen LogP contribution in [-0.2, 0) is 19.0 Å². The number of carbonyl (C=O) groups is 1. The van der Waals surface area contributed by atoms with E-state index in [1.54, 1.807) is 0 Å². The van der Waals surface area contributed by atoms with E-state index in [0.717, 1.165) is 12.8 Å². The smallest absolute Gasteiger partial charge is 0.330 e. The molecule has 1 aliphatic heterocycles. The van der Waals surface area contributed by atoms with Crippen LogP contribution in [0.2, 0.25) is 0 Å². The quantitative estimate of drug-likeness (QED) is 0.580. The Kier molecular flexibility index (Phi) is 3.10. The van der Waals surface area contributed by atoms with E-state index >= 15 is 0 Å². The third-order valence-electron chi connectivity index (χ3n) is 6.53. The zero-order valence-corrected chi connectivity index (χ0v) is 13.6. The minimum absolute atomic E-state index is 0.00287. The lowest BCUT2D eigenvalue weighted by molar-refractivity contribution is -0.269. The molecule has 4 nitrogen and oxygen atoms in total. The molecule has 6 atom stereocenters. The molecule has 3 fully saturated rings. The van der Waals surface area contributed by atoms with Crippen molar-refractivity contribution >= 4 is 5.97 Å². The summed E-state index contributed by atoms with van der Waals surface area (Å²) in [6.07, 6.45) is 2.93. The molecule has 2 bridgehead atoms. The van der Waals surface area contributed by atoms with E-state index in [9.17, 15) is 4.79 Å². The Hall–Kier alpha value is -0.870. The van der Waals surface area contributed by atoms with Gasteiger partial charge in [0, 0.05) is 17.4 Å². The summed E-state index contributed by atoms with van der Waals surface area (Å²) in [4.78, 5) is 11.8. The van der Waals surface area contributed by atoms with Crippen molar-refractivity contribution in [3.63, 3.8) is 0 Å². The maximum atomic E-state index is 11.8. The molecular weight excluding hydrogens is 268 g/mol. The van der Waals surface area contributed by atoms with Crippen LogP contribution in [0.3, 0.4) is 0 Å². The second-order valence-corrected chi connectivity index (χ2v) is 7.62. The Morgan fingerprint density at radius 1 is 1.24 bits per heavy atom. The van der Waals surface area contributed by atoms with Crippen LogP contribution < -0.4 is 0 Å². The number of ether oxygens (including phenoxy) is 3. The van der Waals surface area contributed by atoms with Crippen LogP contribution in [0.5, 0.6) is 0 Å². The van der Waals surface area contributed by atoms with Gasteiger partial charge < -0.3 is 14.2 Å². The average molecular weight is 294 g/mol. The number of rotatable bonds is 2. The van der Waals surface area contributed by atoms with Crippen molar-refractivity contribution in [2.45, 2.75) is 71.6 Å². The van der Waals surface area contributed by atoms with Gasteiger partial charge >= 0.3 is 5.97 Å². The average Bonchev–Trinajstić information content (AvgIpc) is 2.86. The van der Waals surface area contributed by atoms with Crippen molar-refractivity contribution in [2.75, 3.05) is 0 Å².